The highest BCUT2D eigenvalue weighted by Crippen LogP contribution is 2.16. The van der Waals surface area contributed by atoms with Crippen molar-refractivity contribution in [2.45, 2.75) is 72.9 Å². The molecule has 1 aromatic heterocycles. The highest BCUT2D eigenvalue weighted by atomic mass is 16.1. The number of carbonyl (C=O) groups is 1. The number of hydrogen-bond donors (Lipinski definition) is 1. The van der Waals surface area contributed by atoms with Gasteiger partial charge in [0.1, 0.15) is 0 Å². The molecule has 0 atom stereocenters. The molecule has 0 saturated carbocycles. The predicted octanol–water partition coefficient (Wildman–Crippen LogP) is 2.69. The first kappa shape index (κ1) is 19.0. The maximum absolute atomic E-state index is 12.5. The Kier molecular flexibility index (Phi) is 6.84. The van der Waals surface area contributed by atoms with Crippen molar-refractivity contribution in [2.75, 3.05) is 19.6 Å². The zero-order valence-electron chi connectivity index (χ0n) is 16.1. The third-order valence-electron chi connectivity index (χ3n) is 4.90. The molecule has 1 saturated heterocycles. The average molecular weight is 335 g/mol. The van der Waals surface area contributed by atoms with Crippen LogP contribution in [0.15, 0.2) is 0 Å². The third kappa shape index (κ3) is 5.07. The number of piperidine rings is 1. The SMILES string of the molecule is CCCN1CCC(NC(=O)Cc2c(C)nn(CC(C)C)c2C)CC1. The number of likely N-dealkylation sites (tertiary alicyclic amines) is 1. The molecule has 1 N–H and O–H groups in total. The molecule has 1 aliphatic rings. The van der Waals surface area contributed by atoms with Crippen molar-refractivity contribution in [1.29, 1.82) is 0 Å². The summed E-state index contributed by atoms with van der Waals surface area (Å²) in [5, 5.41) is 7.84. The Bertz CT molecular complexity index is 542. The second kappa shape index (κ2) is 8.65. The second-order valence-corrected chi connectivity index (χ2v) is 7.59. The Balaban J connectivity index is 1.88. The number of carbonyl (C=O) groups excluding carboxylic acids is 1. The van der Waals surface area contributed by atoms with Gasteiger partial charge in [-0.05, 0) is 45.6 Å². The first-order valence-corrected chi connectivity index (χ1v) is 9.45. The Morgan fingerprint density at radius 2 is 1.96 bits per heavy atom. The minimum absolute atomic E-state index is 0.138. The highest BCUT2D eigenvalue weighted by molar-refractivity contribution is 5.79. The highest BCUT2D eigenvalue weighted by Gasteiger charge is 2.21. The fourth-order valence-corrected chi connectivity index (χ4v) is 3.57. The zero-order chi connectivity index (χ0) is 17.7. The molecule has 1 amide bonds. The minimum Gasteiger partial charge on any atom is -0.353 e. The van der Waals surface area contributed by atoms with Crippen LogP contribution < -0.4 is 5.32 Å². The van der Waals surface area contributed by atoms with E-state index in [9.17, 15) is 4.79 Å². The van der Waals surface area contributed by atoms with Crippen molar-refractivity contribution in [3.63, 3.8) is 0 Å². The molecule has 2 rings (SSSR count). The lowest BCUT2D eigenvalue weighted by atomic mass is 10.0. The molecule has 0 unspecified atom stereocenters. The minimum atomic E-state index is 0.138. The number of aromatic nitrogens is 2. The van der Waals surface area contributed by atoms with Gasteiger partial charge in [-0.15, -0.1) is 0 Å². The van der Waals surface area contributed by atoms with Crippen LogP contribution >= 0.6 is 0 Å². The summed E-state index contributed by atoms with van der Waals surface area (Å²) in [7, 11) is 0. The van der Waals surface area contributed by atoms with Gasteiger partial charge in [0.25, 0.3) is 0 Å². The van der Waals surface area contributed by atoms with E-state index in [4.69, 9.17) is 0 Å². The fraction of sp³-hybridized carbons (Fsp3) is 0.789. The molecule has 0 aromatic carbocycles. The topological polar surface area (TPSA) is 50.2 Å². The molecule has 0 bridgehead atoms. The maximum Gasteiger partial charge on any atom is 0.224 e. The maximum atomic E-state index is 12.5. The van der Waals surface area contributed by atoms with Crippen molar-refractivity contribution in [3.05, 3.63) is 17.0 Å². The number of nitrogens with zero attached hydrogens (tertiary/aromatic N) is 3. The lowest BCUT2D eigenvalue weighted by Gasteiger charge is -2.32. The van der Waals surface area contributed by atoms with Gasteiger partial charge in [-0.2, -0.15) is 5.10 Å². The molecule has 24 heavy (non-hydrogen) atoms. The van der Waals surface area contributed by atoms with Crippen LogP contribution in [0.25, 0.3) is 0 Å². The largest absolute Gasteiger partial charge is 0.353 e. The molecule has 1 aromatic rings. The normalized spacial score (nSPS) is 16.8. The van der Waals surface area contributed by atoms with Gasteiger partial charge >= 0.3 is 0 Å². The van der Waals surface area contributed by atoms with Crippen LogP contribution in [0, 0.1) is 19.8 Å². The van der Waals surface area contributed by atoms with E-state index in [1.54, 1.807) is 0 Å². The van der Waals surface area contributed by atoms with Gasteiger partial charge in [-0.1, -0.05) is 20.8 Å². The molecule has 0 spiro atoms. The predicted molar refractivity (Wildman–Crippen MR) is 98.1 cm³/mol. The van der Waals surface area contributed by atoms with Gasteiger partial charge in [0.2, 0.25) is 5.91 Å². The standard InChI is InChI=1S/C19H34N4O/c1-6-9-22-10-7-17(8-11-22)20-19(24)12-18-15(4)21-23(16(18)5)13-14(2)3/h14,17H,6-13H2,1-5H3,(H,20,24). The Morgan fingerprint density at radius 1 is 1.29 bits per heavy atom. The van der Waals surface area contributed by atoms with Gasteiger partial charge in [0, 0.05) is 36.9 Å². The van der Waals surface area contributed by atoms with Crippen molar-refractivity contribution in [1.82, 2.24) is 20.0 Å². The Hall–Kier alpha value is -1.36. The molecular formula is C19H34N4O. The molecule has 1 fully saturated rings. The van der Waals surface area contributed by atoms with Gasteiger partial charge in [0.05, 0.1) is 12.1 Å². The van der Waals surface area contributed by atoms with Gasteiger partial charge in [0.15, 0.2) is 0 Å². The van der Waals surface area contributed by atoms with Crippen LogP contribution in [0.1, 0.15) is 57.0 Å². The zero-order valence-corrected chi connectivity index (χ0v) is 16.1. The molecule has 136 valence electrons. The van der Waals surface area contributed by atoms with Crippen LogP contribution in [0.4, 0.5) is 0 Å². The van der Waals surface area contributed by atoms with Crippen molar-refractivity contribution >= 4 is 5.91 Å². The van der Waals surface area contributed by atoms with Gasteiger partial charge in [-0.25, -0.2) is 0 Å². The molecule has 0 radical (unpaired) electrons. The summed E-state index contributed by atoms with van der Waals surface area (Å²) in [5.74, 6) is 0.692. The van der Waals surface area contributed by atoms with Crippen LogP contribution in [0.2, 0.25) is 0 Å². The van der Waals surface area contributed by atoms with E-state index in [0.717, 1.165) is 49.4 Å². The van der Waals surface area contributed by atoms with E-state index in [2.05, 4.69) is 43.0 Å². The van der Waals surface area contributed by atoms with Crippen molar-refractivity contribution in [3.8, 4) is 0 Å². The Morgan fingerprint density at radius 3 is 2.54 bits per heavy atom. The van der Waals surface area contributed by atoms with E-state index < -0.39 is 0 Å². The van der Waals surface area contributed by atoms with Crippen LogP contribution in [-0.2, 0) is 17.8 Å². The summed E-state index contributed by atoms with van der Waals surface area (Å²) in [6.45, 7) is 15.0. The third-order valence-corrected chi connectivity index (χ3v) is 4.90. The summed E-state index contributed by atoms with van der Waals surface area (Å²) in [6, 6.07) is 0.330. The number of amides is 1. The molecule has 0 aliphatic carbocycles. The van der Waals surface area contributed by atoms with E-state index in [1.807, 2.05) is 11.6 Å². The van der Waals surface area contributed by atoms with Crippen molar-refractivity contribution < 1.29 is 4.79 Å². The van der Waals surface area contributed by atoms with Gasteiger partial charge < -0.3 is 10.2 Å². The molecule has 5 nitrogen and oxygen atoms in total. The first-order chi connectivity index (χ1) is 11.4. The summed E-state index contributed by atoms with van der Waals surface area (Å²) < 4.78 is 2.05. The Labute approximate surface area is 146 Å². The van der Waals surface area contributed by atoms with E-state index in [0.29, 0.717) is 18.4 Å². The lowest BCUT2D eigenvalue weighted by Crippen LogP contribution is -2.45. The smallest absolute Gasteiger partial charge is 0.224 e. The number of rotatable bonds is 7. The van der Waals surface area contributed by atoms with E-state index in [1.165, 1.54) is 13.0 Å². The lowest BCUT2D eigenvalue weighted by molar-refractivity contribution is -0.121. The molecule has 5 heteroatoms. The first-order valence-electron chi connectivity index (χ1n) is 9.45. The van der Waals surface area contributed by atoms with Crippen LogP contribution in [0.5, 0.6) is 0 Å². The molecular weight excluding hydrogens is 300 g/mol. The summed E-state index contributed by atoms with van der Waals surface area (Å²) in [6.07, 6.45) is 3.79. The summed E-state index contributed by atoms with van der Waals surface area (Å²) >= 11 is 0. The van der Waals surface area contributed by atoms with E-state index >= 15 is 0 Å². The quantitative estimate of drug-likeness (QED) is 0.834. The number of nitrogens with one attached hydrogen (secondary N) is 1. The number of hydrogen-bond acceptors (Lipinski definition) is 3. The molecule has 1 aliphatic heterocycles. The van der Waals surface area contributed by atoms with Crippen LogP contribution in [-0.4, -0.2) is 46.3 Å². The van der Waals surface area contributed by atoms with Gasteiger partial charge in [-0.3, -0.25) is 9.48 Å². The second-order valence-electron chi connectivity index (χ2n) is 7.59. The summed E-state index contributed by atoms with van der Waals surface area (Å²) in [5.41, 5.74) is 3.21. The number of aryl methyl sites for hydroxylation is 1. The monoisotopic (exact) mass is 334 g/mol. The molecule has 2 heterocycles. The fourth-order valence-electron chi connectivity index (χ4n) is 3.57. The van der Waals surface area contributed by atoms with Crippen LogP contribution in [0.3, 0.4) is 0 Å². The summed E-state index contributed by atoms with van der Waals surface area (Å²) in [4.78, 5) is 15.0. The average Bonchev–Trinajstić information content (AvgIpc) is 2.76. The van der Waals surface area contributed by atoms with Crippen molar-refractivity contribution in [2.24, 2.45) is 5.92 Å². The van der Waals surface area contributed by atoms with E-state index in [-0.39, 0.29) is 5.91 Å².